The highest BCUT2D eigenvalue weighted by Crippen LogP contribution is 2.54. The summed E-state index contributed by atoms with van der Waals surface area (Å²) >= 11 is 6.08. The van der Waals surface area contributed by atoms with Crippen molar-refractivity contribution in [3.63, 3.8) is 0 Å². The first-order chi connectivity index (χ1) is 15.4. The van der Waals surface area contributed by atoms with Crippen LogP contribution in [0, 0.1) is 29.5 Å². The number of nitrogens with zero attached hydrogens (tertiary/aromatic N) is 1. The van der Waals surface area contributed by atoms with Crippen LogP contribution in [0.5, 0.6) is 0 Å². The SMILES string of the molecule is C=C(/C=C(Cl)\C=C/C)NC(=O)C(C)[C@H]1C[C@H]2C[C@@H](c3ccnc4ccc(F)cc34)C[C@H]2C1. The van der Waals surface area contributed by atoms with Crippen LogP contribution in [0.15, 0.2) is 66.0 Å². The number of carbonyl (C=O) groups excluding carboxylic acids is 1. The second kappa shape index (κ2) is 9.58. The van der Waals surface area contributed by atoms with Crippen molar-refractivity contribution in [3.05, 3.63) is 77.4 Å². The second-order valence-corrected chi connectivity index (χ2v) is 9.75. The molecule has 5 heteroatoms. The number of fused-ring (bicyclic) bond motifs is 2. The minimum atomic E-state index is -0.215. The Balaban J connectivity index is 1.38. The molecule has 2 fully saturated rings. The number of halogens is 2. The van der Waals surface area contributed by atoms with Gasteiger partial charge in [0.2, 0.25) is 5.91 Å². The molecule has 32 heavy (non-hydrogen) atoms. The lowest BCUT2D eigenvalue weighted by molar-refractivity contribution is -0.125. The van der Waals surface area contributed by atoms with E-state index in [1.807, 2.05) is 26.1 Å². The van der Waals surface area contributed by atoms with Gasteiger partial charge in [-0.1, -0.05) is 31.2 Å². The van der Waals surface area contributed by atoms with Crippen molar-refractivity contribution < 1.29 is 9.18 Å². The zero-order chi connectivity index (χ0) is 22.8. The van der Waals surface area contributed by atoms with Crippen molar-refractivity contribution in [2.24, 2.45) is 23.7 Å². The number of hydrogen-bond acceptors (Lipinski definition) is 2. The third-order valence-corrected chi connectivity index (χ3v) is 7.51. The standard InChI is InChI=1S/C27H30ClFN2O/c1-4-5-22(28)10-16(2)31-27(32)17(3)18-11-19-13-21(14-20(19)12-18)24-8-9-30-26-7-6-23(29)15-25(24)26/h4-10,15,17-21H,2,11-14H2,1,3H3,(H,31,32)/b5-4-,22-10+/t17?,18-,19-,20+,21+. The third kappa shape index (κ3) is 4.80. The molecule has 3 nitrogen and oxygen atoms in total. The van der Waals surface area contributed by atoms with E-state index < -0.39 is 0 Å². The molecule has 1 amide bonds. The molecule has 4 rings (SSSR count). The van der Waals surface area contributed by atoms with Crippen molar-refractivity contribution in [1.29, 1.82) is 0 Å². The quantitative estimate of drug-likeness (QED) is 0.486. The topological polar surface area (TPSA) is 42.0 Å². The molecular weight excluding hydrogens is 423 g/mol. The van der Waals surface area contributed by atoms with Gasteiger partial charge in [0.15, 0.2) is 0 Å². The molecule has 168 valence electrons. The number of benzene rings is 1. The van der Waals surface area contributed by atoms with Gasteiger partial charge in [-0.25, -0.2) is 4.39 Å². The first-order valence-electron chi connectivity index (χ1n) is 11.4. The van der Waals surface area contributed by atoms with Crippen LogP contribution < -0.4 is 5.32 Å². The van der Waals surface area contributed by atoms with E-state index in [1.54, 1.807) is 24.3 Å². The number of aromatic nitrogens is 1. The predicted molar refractivity (Wildman–Crippen MR) is 129 cm³/mol. The van der Waals surface area contributed by atoms with E-state index in [2.05, 4.69) is 22.9 Å². The minimum absolute atomic E-state index is 0.00770. The van der Waals surface area contributed by atoms with E-state index in [0.717, 1.165) is 36.6 Å². The molecule has 0 aliphatic heterocycles. The van der Waals surface area contributed by atoms with Crippen molar-refractivity contribution in [2.45, 2.75) is 45.4 Å². The molecule has 1 N–H and O–H groups in total. The smallest absolute Gasteiger partial charge is 0.227 e. The van der Waals surface area contributed by atoms with Crippen LogP contribution in [0.2, 0.25) is 0 Å². The molecule has 1 unspecified atom stereocenters. The van der Waals surface area contributed by atoms with Crippen LogP contribution in [0.1, 0.15) is 51.0 Å². The minimum Gasteiger partial charge on any atom is -0.326 e. The summed E-state index contributed by atoms with van der Waals surface area (Å²) in [5.41, 5.74) is 2.58. The third-order valence-electron chi connectivity index (χ3n) is 7.27. The maximum atomic E-state index is 13.9. The number of hydrogen-bond donors (Lipinski definition) is 1. The van der Waals surface area contributed by atoms with E-state index in [-0.39, 0.29) is 17.6 Å². The molecule has 5 atom stereocenters. The fourth-order valence-electron chi connectivity index (χ4n) is 5.72. The molecule has 0 radical (unpaired) electrons. The van der Waals surface area contributed by atoms with Gasteiger partial charge in [-0.2, -0.15) is 0 Å². The molecule has 2 saturated carbocycles. The molecule has 2 aliphatic rings. The summed E-state index contributed by atoms with van der Waals surface area (Å²) in [4.78, 5) is 17.2. The van der Waals surface area contributed by atoms with Crippen LogP contribution in [-0.2, 0) is 4.79 Å². The van der Waals surface area contributed by atoms with Crippen molar-refractivity contribution in [3.8, 4) is 0 Å². The first kappa shape index (κ1) is 22.7. The molecule has 1 heterocycles. The highest BCUT2D eigenvalue weighted by molar-refractivity contribution is 6.31. The number of amides is 1. The lowest BCUT2D eigenvalue weighted by atomic mass is 9.86. The molecule has 0 spiro atoms. The Hall–Kier alpha value is -2.46. The van der Waals surface area contributed by atoms with Gasteiger partial charge in [-0.05, 0) is 98.3 Å². The maximum absolute atomic E-state index is 13.9. The summed E-state index contributed by atoms with van der Waals surface area (Å²) in [5, 5.41) is 4.37. The van der Waals surface area contributed by atoms with Crippen LogP contribution in [0.3, 0.4) is 0 Å². The molecule has 1 aromatic carbocycles. The molecule has 0 saturated heterocycles. The Morgan fingerprint density at radius 3 is 2.66 bits per heavy atom. The normalized spacial score (nSPS) is 26.4. The van der Waals surface area contributed by atoms with Gasteiger partial charge in [0.1, 0.15) is 5.82 Å². The van der Waals surface area contributed by atoms with Gasteiger partial charge < -0.3 is 5.32 Å². The summed E-state index contributed by atoms with van der Waals surface area (Å²) in [7, 11) is 0. The summed E-state index contributed by atoms with van der Waals surface area (Å²) in [6.07, 6.45) is 11.4. The number of nitrogens with one attached hydrogen (secondary N) is 1. The van der Waals surface area contributed by atoms with Crippen LogP contribution in [0.25, 0.3) is 10.9 Å². The van der Waals surface area contributed by atoms with E-state index in [9.17, 15) is 9.18 Å². The van der Waals surface area contributed by atoms with E-state index >= 15 is 0 Å². The van der Waals surface area contributed by atoms with Gasteiger partial charge in [-0.15, -0.1) is 0 Å². The highest BCUT2D eigenvalue weighted by Gasteiger charge is 2.44. The fraction of sp³-hybridized carbons (Fsp3) is 0.407. The monoisotopic (exact) mass is 452 g/mol. The first-order valence-corrected chi connectivity index (χ1v) is 11.8. The van der Waals surface area contributed by atoms with E-state index in [4.69, 9.17) is 11.6 Å². The Morgan fingerprint density at radius 1 is 1.25 bits per heavy atom. The predicted octanol–water partition coefficient (Wildman–Crippen LogP) is 6.86. The van der Waals surface area contributed by atoms with E-state index in [0.29, 0.717) is 34.4 Å². The van der Waals surface area contributed by atoms with Crippen LogP contribution in [0.4, 0.5) is 4.39 Å². The van der Waals surface area contributed by atoms with E-state index in [1.165, 1.54) is 11.6 Å². The Labute approximate surface area is 194 Å². The van der Waals surface area contributed by atoms with Crippen LogP contribution in [-0.4, -0.2) is 10.9 Å². The van der Waals surface area contributed by atoms with Crippen molar-refractivity contribution >= 4 is 28.4 Å². The van der Waals surface area contributed by atoms with Gasteiger partial charge in [0.05, 0.1) is 5.52 Å². The zero-order valence-electron chi connectivity index (χ0n) is 18.7. The van der Waals surface area contributed by atoms with Gasteiger partial charge in [-0.3, -0.25) is 9.78 Å². The molecule has 2 aromatic rings. The highest BCUT2D eigenvalue weighted by atomic mass is 35.5. The average molecular weight is 453 g/mol. The summed E-state index contributed by atoms with van der Waals surface area (Å²) in [6.45, 7) is 7.80. The second-order valence-electron chi connectivity index (χ2n) is 9.31. The number of rotatable bonds is 6. The molecule has 1 aromatic heterocycles. The van der Waals surface area contributed by atoms with Gasteiger partial charge in [0.25, 0.3) is 0 Å². The number of carbonyl (C=O) groups is 1. The maximum Gasteiger partial charge on any atom is 0.227 e. The Morgan fingerprint density at radius 2 is 1.97 bits per heavy atom. The number of allylic oxidation sites excluding steroid dienone is 4. The largest absolute Gasteiger partial charge is 0.326 e. The summed E-state index contributed by atoms with van der Waals surface area (Å²) < 4.78 is 13.9. The molecular formula is C27H30ClFN2O. The van der Waals surface area contributed by atoms with Gasteiger partial charge >= 0.3 is 0 Å². The van der Waals surface area contributed by atoms with Crippen molar-refractivity contribution in [2.75, 3.05) is 0 Å². The van der Waals surface area contributed by atoms with Crippen molar-refractivity contribution in [1.82, 2.24) is 10.3 Å². The molecule has 2 aliphatic carbocycles. The van der Waals surface area contributed by atoms with Crippen LogP contribution >= 0.6 is 11.6 Å². The fourth-order valence-corrected chi connectivity index (χ4v) is 5.97. The number of pyridine rings is 1. The van der Waals surface area contributed by atoms with Gasteiger partial charge in [0, 0.05) is 28.2 Å². The zero-order valence-corrected chi connectivity index (χ0v) is 19.4. The summed E-state index contributed by atoms with van der Waals surface area (Å²) in [5.74, 6) is 1.76. The summed E-state index contributed by atoms with van der Waals surface area (Å²) in [6, 6.07) is 6.90. The Kier molecular flexibility index (Phi) is 6.80. The Bertz CT molecular complexity index is 1080. The lowest BCUT2D eigenvalue weighted by Crippen LogP contribution is -2.31. The molecule has 0 bridgehead atoms. The average Bonchev–Trinajstić information content (AvgIpc) is 3.32. The lowest BCUT2D eigenvalue weighted by Gasteiger charge is -2.21.